The van der Waals surface area contributed by atoms with Gasteiger partial charge in [0, 0.05) is 26.2 Å². The Morgan fingerprint density at radius 3 is 1.58 bits per heavy atom. The molecule has 0 spiro atoms. The Hall–Kier alpha value is -1.58. The first kappa shape index (κ1) is 17.4. The number of carbonyl (C=O) groups is 2. The third-order valence-corrected chi connectivity index (χ3v) is 1.75. The molecule has 0 aliphatic carbocycles. The van der Waals surface area contributed by atoms with E-state index in [1.807, 2.05) is 0 Å². The van der Waals surface area contributed by atoms with Gasteiger partial charge in [-0.25, -0.2) is 9.59 Å². The van der Waals surface area contributed by atoms with Crippen molar-refractivity contribution in [3.63, 3.8) is 0 Å². The summed E-state index contributed by atoms with van der Waals surface area (Å²) in [6, 6.07) is 0. The van der Waals surface area contributed by atoms with Crippen molar-refractivity contribution in [2.75, 3.05) is 52.6 Å². The average molecular weight is 278 g/mol. The molecular weight excluding hydrogens is 256 g/mol. The maximum atomic E-state index is 10.9. The predicted molar refractivity (Wildman–Crippen MR) is 67.6 cm³/mol. The van der Waals surface area contributed by atoms with Crippen LogP contribution in [0.3, 0.4) is 0 Å². The molecule has 112 valence electrons. The predicted octanol–water partition coefficient (Wildman–Crippen LogP) is -1.63. The molecule has 0 aliphatic rings. The molecular formula is C10H22N4O5. The lowest BCUT2D eigenvalue weighted by atomic mass is 10.6. The van der Waals surface area contributed by atoms with Gasteiger partial charge >= 0.3 is 12.2 Å². The molecule has 0 atom stereocenters. The fourth-order valence-corrected chi connectivity index (χ4v) is 0.939. The summed E-state index contributed by atoms with van der Waals surface area (Å²) in [6.07, 6.45) is -1.07. The molecule has 6 N–H and O–H groups in total. The third kappa shape index (κ3) is 12.7. The average Bonchev–Trinajstić information content (AvgIpc) is 2.41. The molecule has 0 saturated heterocycles. The zero-order valence-corrected chi connectivity index (χ0v) is 10.9. The lowest BCUT2D eigenvalue weighted by Gasteiger charge is -2.08. The van der Waals surface area contributed by atoms with E-state index in [1.165, 1.54) is 0 Å². The summed E-state index contributed by atoms with van der Waals surface area (Å²) in [6.45, 7) is 2.14. The Morgan fingerprint density at radius 2 is 1.21 bits per heavy atom. The molecule has 0 aromatic carbocycles. The molecule has 0 rings (SSSR count). The van der Waals surface area contributed by atoms with Gasteiger partial charge in [-0.2, -0.15) is 0 Å². The summed E-state index contributed by atoms with van der Waals surface area (Å²) in [5.74, 6) is 0. The monoisotopic (exact) mass is 278 g/mol. The number of hydrogen-bond acceptors (Lipinski definition) is 7. The van der Waals surface area contributed by atoms with E-state index in [4.69, 9.17) is 25.7 Å². The van der Waals surface area contributed by atoms with Gasteiger partial charge in [0.1, 0.15) is 13.2 Å². The molecule has 0 radical (unpaired) electrons. The van der Waals surface area contributed by atoms with Crippen molar-refractivity contribution in [2.45, 2.75) is 0 Å². The van der Waals surface area contributed by atoms with E-state index in [0.29, 0.717) is 26.2 Å². The summed E-state index contributed by atoms with van der Waals surface area (Å²) < 4.78 is 14.6. The van der Waals surface area contributed by atoms with E-state index < -0.39 is 12.2 Å². The molecule has 0 aliphatic heterocycles. The van der Waals surface area contributed by atoms with Crippen LogP contribution in [0.25, 0.3) is 0 Å². The standard InChI is InChI=1S/C10H22N4O5/c11-1-3-13-9(15)18-7-5-17-6-8-19-10(16)14-4-2-12/h1-8,11-12H2,(H,13,15)(H,14,16). The molecule has 2 amide bonds. The Balaban J connectivity index is 3.22. The Bertz CT molecular complexity index is 228. The smallest absolute Gasteiger partial charge is 0.407 e. The van der Waals surface area contributed by atoms with Gasteiger partial charge in [0.15, 0.2) is 0 Å². The van der Waals surface area contributed by atoms with Crippen molar-refractivity contribution < 1.29 is 23.8 Å². The van der Waals surface area contributed by atoms with Crippen LogP contribution in [0.15, 0.2) is 0 Å². The fourth-order valence-electron chi connectivity index (χ4n) is 0.939. The van der Waals surface area contributed by atoms with Gasteiger partial charge in [-0.15, -0.1) is 0 Å². The van der Waals surface area contributed by atoms with Crippen molar-refractivity contribution in [3.05, 3.63) is 0 Å². The minimum atomic E-state index is -0.536. The van der Waals surface area contributed by atoms with Crippen LogP contribution in [-0.4, -0.2) is 64.8 Å². The van der Waals surface area contributed by atoms with Crippen molar-refractivity contribution in [2.24, 2.45) is 11.5 Å². The van der Waals surface area contributed by atoms with E-state index in [0.717, 1.165) is 0 Å². The molecule has 9 nitrogen and oxygen atoms in total. The summed E-state index contributed by atoms with van der Waals surface area (Å²) in [5, 5.41) is 4.88. The first-order valence-corrected chi connectivity index (χ1v) is 5.99. The normalized spacial score (nSPS) is 9.79. The Kier molecular flexibility index (Phi) is 11.8. The highest BCUT2D eigenvalue weighted by molar-refractivity contribution is 5.67. The molecule has 0 saturated carbocycles. The zero-order chi connectivity index (χ0) is 14.3. The lowest BCUT2D eigenvalue weighted by molar-refractivity contribution is 0.0458. The van der Waals surface area contributed by atoms with Gasteiger partial charge in [0.05, 0.1) is 13.2 Å². The second-order valence-corrected chi connectivity index (χ2v) is 3.32. The topological polar surface area (TPSA) is 138 Å². The maximum absolute atomic E-state index is 10.9. The van der Waals surface area contributed by atoms with Crippen molar-refractivity contribution >= 4 is 12.2 Å². The Morgan fingerprint density at radius 1 is 0.789 bits per heavy atom. The molecule has 9 heteroatoms. The second kappa shape index (κ2) is 12.9. The fraction of sp³-hybridized carbons (Fsp3) is 0.800. The van der Waals surface area contributed by atoms with E-state index >= 15 is 0 Å². The van der Waals surface area contributed by atoms with Crippen molar-refractivity contribution in [1.82, 2.24) is 10.6 Å². The number of nitrogens with two attached hydrogens (primary N) is 2. The highest BCUT2D eigenvalue weighted by atomic mass is 16.6. The first-order valence-electron chi connectivity index (χ1n) is 5.99. The van der Waals surface area contributed by atoms with Gasteiger partial charge in [-0.3, -0.25) is 0 Å². The second-order valence-electron chi connectivity index (χ2n) is 3.32. The minimum absolute atomic E-state index is 0.121. The van der Waals surface area contributed by atoms with Crippen LogP contribution in [0, 0.1) is 0 Å². The van der Waals surface area contributed by atoms with Crippen LogP contribution in [0.5, 0.6) is 0 Å². The summed E-state index contributed by atoms with van der Waals surface area (Å²) in [5.41, 5.74) is 10.4. The van der Waals surface area contributed by atoms with Crippen LogP contribution in [-0.2, 0) is 14.2 Å². The number of rotatable bonds is 10. The van der Waals surface area contributed by atoms with Gasteiger partial charge < -0.3 is 36.3 Å². The molecule has 0 aromatic rings. The van der Waals surface area contributed by atoms with E-state index in [9.17, 15) is 9.59 Å². The summed E-state index contributed by atoms with van der Waals surface area (Å²) in [4.78, 5) is 21.9. The van der Waals surface area contributed by atoms with Gasteiger partial charge in [-0.1, -0.05) is 0 Å². The van der Waals surface area contributed by atoms with Crippen LogP contribution in [0.2, 0.25) is 0 Å². The van der Waals surface area contributed by atoms with Crippen LogP contribution >= 0.6 is 0 Å². The molecule has 0 bridgehead atoms. The van der Waals surface area contributed by atoms with Crippen LogP contribution in [0.4, 0.5) is 9.59 Å². The number of amides is 2. The third-order valence-electron chi connectivity index (χ3n) is 1.75. The number of carbonyl (C=O) groups excluding carboxylic acids is 2. The van der Waals surface area contributed by atoms with Crippen molar-refractivity contribution in [3.8, 4) is 0 Å². The number of nitrogens with one attached hydrogen (secondary N) is 2. The SMILES string of the molecule is NCCNC(=O)OCCOCCOC(=O)NCCN. The quantitative estimate of drug-likeness (QED) is 0.352. The molecule has 19 heavy (non-hydrogen) atoms. The minimum Gasteiger partial charge on any atom is -0.447 e. The van der Waals surface area contributed by atoms with Gasteiger partial charge in [0.25, 0.3) is 0 Å². The number of hydrogen-bond donors (Lipinski definition) is 4. The molecule has 0 unspecified atom stereocenters. The highest BCUT2D eigenvalue weighted by Gasteiger charge is 2.01. The largest absolute Gasteiger partial charge is 0.447 e. The molecule has 0 aromatic heterocycles. The first-order chi connectivity index (χ1) is 9.20. The highest BCUT2D eigenvalue weighted by Crippen LogP contribution is 1.83. The zero-order valence-electron chi connectivity index (χ0n) is 10.9. The number of alkyl carbamates (subject to hydrolysis) is 2. The van der Waals surface area contributed by atoms with Crippen LogP contribution < -0.4 is 22.1 Å². The van der Waals surface area contributed by atoms with E-state index in [1.54, 1.807) is 0 Å². The summed E-state index contributed by atoms with van der Waals surface area (Å²) >= 11 is 0. The van der Waals surface area contributed by atoms with Crippen LogP contribution in [0.1, 0.15) is 0 Å². The molecule has 0 heterocycles. The maximum Gasteiger partial charge on any atom is 0.407 e. The van der Waals surface area contributed by atoms with E-state index in [2.05, 4.69) is 10.6 Å². The lowest BCUT2D eigenvalue weighted by Crippen LogP contribution is -2.31. The van der Waals surface area contributed by atoms with Crippen molar-refractivity contribution in [1.29, 1.82) is 0 Å². The van der Waals surface area contributed by atoms with Gasteiger partial charge in [0.2, 0.25) is 0 Å². The molecule has 0 fully saturated rings. The van der Waals surface area contributed by atoms with Gasteiger partial charge in [-0.05, 0) is 0 Å². The Labute approximate surface area is 111 Å². The summed E-state index contributed by atoms with van der Waals surface area (Å²) in [7, 11) is 0. The number of ether oxygens (including phenoxy) is 3. The van der Waals surface area contributed by atoms with E-state index in [-0.39, 0.29) is 26.4 Å².